The first-order valence-electron chi connectivity index (χ1n) is 3.54. The van der Waals surface area contributed by atoms with Crippen molar-refractivity contribution in [3.63, 3.8) is 0 Å². The second-order valence-electron chi connectivity index (χ2n) is 2.55. The summed E-state index contributed by atoms with van der Waals surface area (Å²) in [6.07, 6.45) is -20.2. The Morgan fingerprint density at radius 2 is 1.00 bits per heavy atom. The highest BCUT2D eigenvalue weighted by molar-refractivity contribution is 5.90. The molecule has 0 aliphatic carbocycles. The van der Waals surface area contributed by atoms with Gasteiger partial charge < -0.3 is 4.74 Å². The van der Waals surface area contributed by atoms with Crippen molar-refractivity contribution in [3.05, 3.63) is 0 Å². The summed E-state index contributed by atoms with van der Waals surface area (Å²) >= 11 is 0. The molecule has 2 atom stereocenters. The van der Waals surface area contributed by atoms with Gasteiger partial charge >= 0.3 is 24.3 Å². The average molecular weight is 274 g/mol. The van der Waals surface area contributed by atoms with Crippen LogP contribution in [0.5, 0.6) is 0 Å². The van der Waals surface area contributed by atoms with Crippen LogP contribution in [0.4, 0.5) is 35.1 Å². The summed E-state index contributed by atoms with van der Waals surface area (Å²) in [6.45, 7) is 0. The summed E-state index contributed by atoms with van der Waals surface area (Å²) in [5, 5.41) is 0. The van der Waals surface area contributed by atoms with E-state index in [0.717, 1.165) is 0 Å². The standard InChI is InChI=1S/C6H2F8O3/c7-1(5(9,10)11)3(15)17-4(16)2(8)6(12,13)14/h1-2H. The predicted molar refractivity (Wildman–Crippen MR) is 33.0 cm³/mol. The Morgan fingerprint density at radius 1 is 0.765 bits per heavy atom. The molecule has 0 rings (SSSR count). The van der Waals surface area contributed by atoms with Crippen molar-refractivity contribution in [1.82, 2.24) is 0 Å². The van der Waals surface area contributed by atoms with E-state index in [-0.39, 0.29) is 0 Å². The highest BCUT2D eigenvalue weighted by atomic mass is 19.4. The van der Waals surface area contributed by atoms with Gasteiger partial charge in [0.15, 0.2) is 0 Å². The topological polar surface area (TPSA) is 43.4 Å². The van der Waals surface area contributed by atoms with Crippen molar-refractivity contribution in [2.24, 2.45) is 0 Å². The number of alkyl halides is 8. The van der Waals surface area contributed by atoms with E-state index >= 15 is 0 Å². The second kappa shape index (κ2) is 4.84. The minimum atomic E-state index is -5.76. The molecule has 0 aromatic rings. The molecule has 0 saturated carbocycles. The quantitative estimate of drug-likeness (QED) is 0.438. The summed E-state index contributed by atoms with van der Waals surface area (Å²) in [5.74, 6) is -5.93. The Labute approximate surface area is 87.3 Å². The van der Waals surface area contributed by atoms with Gasteiger partial charge in [-0.05, 0) is 0 Å². The van der Waals surface area contributed by atoms with Crippen LogP contribution in [0.2, 0.25) is 0 Å². The Kier molecular flexibility index (Phi) is 4.43. The Balaban J connectivity index is 4.57. The van der Waals surface area contributed by atoms with Crippen LogP contribution in [0.1, 0.15) is 0 Å². The van der Waals surface area contributed by atoms with E-state index < -0.39 is 36.6 Å². The van der Waals surface area contributed by atoms with E-state index in [9.17, 15) is 44.7 Å². The number of halogens is 8. The molecule has 2 unspecified atom stereocenters. The van der Waals surface area contributed by atoms with Crippen molar-refractivity contribution in [2.75, 3.05) is 0 Å². The smallest absolute Gasteiger partial charge is 0.388 e. The fourth-order valence-electron chi connectivity index (χ4n) is 0.470. The Hall–Kier alpha value is -1.42. The molecule has 17 heavy (non-hydrogen) atoms. The molecule has 0 aromatic heterocycles. The molecule has 0 aromatic carbocycles. The summed E-state index contributed by atoms with van der Waals surface area (Å²) in [5.41, 5.74) is 0. The van der Waals surface area contributed by atoms with Crippen LogP contribution in [0.15, 0.2) is 0 Å². The fourth-order valence-corrected chi connectivity index (χ4v) is 0.470. The molecule has 0 bridgehead atoms. The van der Waals surface area contributed by atoms with Crippen molar-refractivity contribution < 1.29 is 49.4 Å². The molecule has 0 spiro atoms. The third-order valence-electron chi connectivity index (χ3n) is 1.19. The van der Waals surface area contributed by atoms with Crippen LogP contribution in [0.25, 0.3) is 0 Å². The summed E-state index contributed by atoms with van der Waals surface area (Å²) in [4.78, 5) is 20.3. The number of hydrogen-bond acceptors (Lipinski definition) is 3. The second-order valence-corrected chi connectivity index (χ2v) is 2.55. The SMILES string of the molecule is O=C(OC(=O)C(F)C(F)(F)F)C(F)C(F)(F)F. The maximum Gasteiger partial charge on any atom is 0.430 e. The van der Waals surface area contributed by atoms with Gasteiger partial charge in [0.1, 0.15) is 0 Å². The van der Waals surface area contributed by atoms with Gasteiger partial charge in [0, 0.05) is 0 Å². The van der Waals surface area contributed by atoms with Gasteiger partial charge in [0.05, 0.1) is 0 Å². The third-order valence-corrected chi connectivity index (χ3v) is 1.19. The van der Waals surface area contributed by atoms with Gasteiger partial charge in [-0.2, -0.15) is 26.3 Å². The molecular formula is C6H2F8O3. The molecular weight excluding hydrogens is 272 g/mol. The van der Waals surface area contributed by atoms with E-state index in [1.165, 1.54) is 0 Å². The number of carbonyl (C=O) groups excluding carboxylic acids is 2. The summed E-state index contributed by atoms with van der Waals surface area (Å²) in [6, 6.07) is 0. The largest absolute Gasteiger partial charge is 0.430 e. The molecule has 0 N–H and O–H groups in total. The van der Waals surface area contributed by atoms with Crippen molar-refractivity contribution in [3.8, 4) is 0 Å². The first-order valence-corrected chi connectivity index (χ1v) is 3.54. The predicted octanol–water partition coefficient (Wildman–Crippen LogP) is 1.86. The van der Waals surface area contributed by atoms with Crippen molar-refractivity contribution in [1.29, 1.82) is 0 Å². The lowest BCUT2D eigenvalue weighted by molar-refractivity contribution is -0.213. The van der Waals surface area contributed by atoms with Crippen LogP contribution in [0, 0.1) is 0 Å². The van der Waals surface area contributed by atoms with Crippen LogP contribution in [-0.2, 0) is 14.3 Å². The minimum absolute atomic E-state index is 2.76. The molecule has 0 heterocycles. The third kappa shape index (κ3) is 4.53. The van der Waals surface area contributed by atoms with Crippen LogP contribution in [-0.4, -0.2) is 36.6 Å². The van der Waals surface area contributed by atoms with Gasteiger partial charge in [-0.15, -0.1) is 0 Å². The van der Waals surface area contributed by atoms with Crippen LogP contribution >= 0.6 is 0 Å². The van der Waals surface area contributed by atoms with E-state index in [2.05, 4.69) is 4.74 Å². The summed E-state index contributed by atoms with van der Waals surface area (Å²) < 4.78 is 95.8. The van der Waals surface area contributed by atoms with Crippen LogP contribution < -0.4 is 0 Å². The molecule has 0 saturated heterocycles. The lowest BCUT2D eigenvalue weighted by Gasteiger charge is -2.13. The number of hydrogen-bond donors (Lipinski definition) is 0. The zero-order valence-electron chi connectivity index (χ0n) is 7.40. The maximum absolute atomic E-state index is 12.1. The van der Waals surface area contributed by atoms with Crippen LogP contribution in [0.3, 0.4) is 0 Å². The molecule has 3 nitrogen and oxygen atoms in total. The zero-order chi connectivity index (χ0) is 14.0. The van der Waals surface area contributed by atoms with Crippen molar-refractivity contribution in [2.45, 2.75) is 24.7 Å². The number of ether oxygens (including phenoxy) is 1. The zero-order valence-corrected chi connectivity index (χ0v) is 7.40. The van der Waals surface area contributed by atoms with E-state index in [0.29, 0.717) is 0 Å². The molecule has 11 heteroatoms. The van der Waals surface area contributed by atoms with Gasteiger partial charge in [0.25, 0.3) is 12.3 Å². The lowest BCUT2D eigenvalue weighted by Crippen LogP contribution is -2.40. The first kappa shape index (κ1) is 15.6. The molecule has 100 valence electrons. The lowest BCUT2D eigenvalue weighted by atomic mass is 10.3. The highest BCUT2D eigenvalue weighted by Crippen LogP contribution is 2.26. The molecule has 0 amide bonds. The monoisotopic (exact) mass is 274 g/mol. The number of esters is 2. The van der Waals surface area contributed by atoms with Crippen molar-refractivity contribution >= 4 is 11.9 Å². The van der Waals surface area contributed by atoms with Gasteiger partial charge in [-0.25, -0.2) is 18.4 Å². The first-order chi connectivity index (χ1) is 7.37. The van der Waals surface area contributed by atoms with E-state index in [1.807, 2.05) is 0 Å². The van der Waals surface area contributed by atoms with E-state index in [4.69, 9.17) is 0 Å². The molecule has 0 radical (unpaired) electrons. The van der Waals surface area contributed by atoms with E-state index in [1.54, 1.807) is 0 Å². The Morgan fingerprint density at radius 3 is 1.18 bits per heavy atom. The van der Waals surface area contributed by atoms with Gasteiger partial charge in [-0.3, -0.25) is 0 Å². The molecule has 0 aliphatic heterocycles. The maximum atomic E-state index is 12.1. The van der Waals surface area contributed by atoms with Gasteiger partial charge in [-0.1, -0.05) is 0 Å². The highest BCUT2D eigenvalue weighted by Gasteiger charge is 2.51. The number of rotatable bonds is 2. The van der Waals surface area contributed by atoms with Gasteiger partial charge in [0.2, 0.25) is 0 Å². The molecule has 0 aliphatic rings. The number of carbonyl (C=O) groups is 2. The molecule has 0 fully saturated rings. The fraction of sp³-hybridized carbons (Fsp3) is 0.667. The minimum Gasteiger partial charge on any atom is -0.388 e. The summed E-state index contributed by atoms with van der Waals surface area (Å²) in [7, 11) is 0. The normalized spacial score (nSPS) is 16.2. The average Bonchev–Trinajstić information content (AvgIpc) is 2.12. The Bertz CT molecular complexity index is 275.